The Morgan fingerprint density at radius 1 is 0.964 bits per heavy atom. The first-order chi connectivity index (χ1) is 13.6. The number of carbonyl (C=O) groups is 1. The molecule has 4 nitrogen and oxygen atoms in total. The van der Waals surface area contributed by atoms with Gasteiger partial charge in [0.25, 0.3) is 5.91 Å². The highest BCUT2D eigenvalue weighted by atomic mass is 32.1. The third-order valence-electron chi connectivity index (χ3n) is 3.93. The number of carbonyl (C=O) groups excluding carboxylic acids is 1. The fraction of sp³-hybridized carbons (Fsp3) is 0.0909. The maximum absolute atomic E-state index is 12.9. The number of halogens is 1. The molecule has 6 heteroatoms. The minimum absolute atomic E-state index is 0.131. The minimum atomic E-state index is -0.354. The maximum Gasteiger partial charge on any atom is 0.257 e. The van der Waals surface area contributed by atoms with E-state index in [0.29, 0.717) is 23.6 Å². The van der Waals surface area contributed by atoms with Gasteiger partial charge in [-0.15, -0.1) is 0 Å². The molecule has 0 unspecified atom stereocenters. The Morgan fingerprint density at radius 2 is 1.71 bits per heavy atom. The first-order valence-electron chi connectivity index (χ1n) is 8.75. The molecule has 0 aliphatic heterocycles. The van der Waals surface area contributed by atoms with E-state index < -0.39 is 0 Å². The second kappa shape index (κ2) is 9.62. The van der Waals surface area contributed by atoms with Crippen LogP contribution in [0, 0.1) is 5.82 Å². The predicted octanol–water partition coefficient (Wildman–Crippen LogP) is 4.57. The molecule has 0 saturated heterocycles. The highest BCUT2D eigenvalue weighted by Gasteiger charge is 2.09. The van der Waals surface area contributed by atoms with Gasteiger partial charge in [-0.25, -0.2) is 4.39 Å². The molecule has 0 saturated carbocycles. The molecule has 0 heterocycles. The zero-order chi connectivity index (χ0) is 19.8. The first-order valence-corrected chi connectivity index (χ1v) is 9.16. The zero-order valence-corrected chi connectivity index (χ0v) is 15.8. The number of benzene rings is 3. The number of hydrogen-bond donors (Lipinski definition) is 2. The van der Waals surface area contributed by atoms with Crippen LogP contribution in [0.25, 0.3) is 0 Å². The Labute approximate surface area is 168 Å². The normalized spacial score (nSPS) is 10.2. The molecule has 0 fully saturated rings. The lowest BCUT2D eigenvalue weighted by Gasteiger charge is -2.11. The Balaban J connectivity index is 1.52. The van der Waals surface area contributed by atoms with Gasteiger partial charge in [0.15, 0.2) is 5.11 Å². The second-order valence-corrected chi connectivity index (χ2v) is 6.44. The van der Waals surface area contributed by atoms with Gasteiger partial charge in [0.05, 0.1) is 6.61 Å². The Kier molecular flexibility index (Phi) is 6.70. The van der Waals surface area contributed by atoms with Gasteiger partial charge in [0, 0.05) is 17.7 Å². The van der Waals surface area contributed by atoms with Crippen molar-refractivity contribution in [2.24, 2.45) is 0 Å². The minimum Gasteiger partial charge on any atom is -0.493 e. The molecular weight excluding hydrogens is 375 g/mol. The topological polar surface area (TPSA) is 50.4 Å². The summed E-state index contributed by atoms with van der Waals surface area (Å²) in [4.78, 5) is 12.4. The Bertz CT molecular complexity index is 946. The molecule has 0 aromatic heterocycles. The van der Waals surface area contributed by atoms with E-state index in [4.69, 9.17) is 17.0 Å². The van der Waals surface area contributed by atoms with Gasteiger partial charge in [0.2, 0.25) is 0 Å². The number of rotatable bonds is 6. The molecule has 0 radical (unpaired) electrons. The standard InChI is InChI=1S/C22H19FN2O2S/c23-18-9-11-19(12-10-18)24-22(28)25-21(26)17-7-4-8-20(15-17)27-14-13-16-5-2-1-3-6-16/h1-12,15H,13-14H2,(H2,24,25,26,28). The highest BCUT2D eigenvalue weighted by Crippen LogP contribution is 2.14. The van der Waals surface area contributed by atoms with Gasteiger partial charge in [-0.1, -0.05) is 36.4 Å². The first kappa shape index (κ1) is 19.5. The lowest BCUT2D eigenvalue weighted by Crippen LogP contribution is -2.34. The summed E-state index contributed by atoms with van der Waals surface area (Å²) >= 11 is 5.13. The van der Waals surface area contributed by atoms with Gasteiger partial charge >= 0.3 is 0 Å². The summed E-state index contributed by atoms with van der Waals surface area (Å²) in [5.74, 6) is -0.0845. The summed E-state index contributed by atoms with van der Waals surface area (Å²) in [5, 5.41) is 5.57. The van der Waals surface area contributed by atoms with Gasteiger partial charge in [0.1, 0.15) is 11.6 Å². The van der Waals surface area contributed by atoms with Crippen molar-refractivity contribution in [3.63, 3.8) is 0 Å². The Hall–Kier alpha value is -3.25. The van der Waals surface area contributed by atoms with Crippen LogP contribution >= 0.6 is 12.2 Å². The van der Waals surface area contributed by atoms with E-state index in [2.05, 4.69) is 10.6 Å². The number of amides is 1. The van der Waals surface area contributed by atoms with Crippen molar-refractivity contribution in [3.8, 4) is 5.75 Å². The Morgan fingerprint density at radius 3 is 2.46 bits per heavy atom. The zero-order valence-electron chi connectivity index (χ0n) is 15.0. The number of nitrogens with one attached hydrogen (secondary N) is 2. The lowest BCUT2D eigenvalue weighted by molar-refractivity contribution is 0.0977. The average molecular weight is 394 g/mol. The van der Waals surface area contributed by atoms with Crippen molar-refractivity contribution in [2.75, 3.05) is 11.9 Å². The average Bonchev–Trinajstić information content (AvgIpc) is 2.71. The van der Waals surface area contributed by atoms with Crippen molar-refractivity contribution in [1.82, 2.24) is 5.32 Å². The molecule has 3 aromatic carbocycles. The largest absolute Gasteiger partial charge is 0.493 e. The van der Waals surface area contributed by atoms with E-state index in [1.165, 1.54) is 29.8 Å². The van der Waals surface area contributed by atoms with Crippen molar-refractivity contribution in [2.45, 2.75) is 6.42 Å². The van der Waals surface area contributed by atoms with E-state index in [9.17, 15) is 9.18 Å². The van der Waals surface area contributed by atoms with Crippen molar-refractivity contribution >= 4 is 28.9 Å². The van der Waals surface area contributed by atoms with Crippen molar-refractivity contribution < 1.29 is 13.9 Å². The van der Waals surface area contributed by atoms with Crippen LogP contribution in [0.2, 0.25) is 0 Å². The number of ether oxygens (including phenoxy) is 1. The van der Waals surface area contributed by atoms with E-state index in [-0.39, 0.29) is 16.8 Å². The van der Waals surface area contributed by atoms with Crippen LogP contribution in [0.1, 0.15) is 15.9 Å². The van der Waals surface area contributed by atoms with Gasteiger partial charge in [-0.05, 0) is 60.2 Å². The molecule has 142 valence electrons. The van der Waals surface area contributed by atoms with Crippen LogP contribution in [0.15, 0.2) is 78.9 Å². The quantitative estimate of drug-likeness (QED) is 0.601. The number of anilines is 1. The molecule has 1 amide bonds. The third-order valence-corrected chi connectivity index (χ3v) is 4.13. The van der Waals surface area contributed by atoms with E-state index >= 15 is 0 Å². The molecule has 2 N–H and O–H groups in total. The van der Waals surface area contributed by atoms with Crippen molar-refractivity contribution in [3.05, 3.63) is 95.8 Å². The molecule has 28 heavy (non-hydrogen) atoms. The number of hydrogen-bond acceptors (Lipinski definition) is 3. The van der Waals surface area contributed by atoms with E-state index in [0.717, 1.165) is 6.42 Å². The van der Waals surface area contributed by atoms with Gasteiger partial charge < -0.3 is 10.1 Å². The van der Waals surface area contributed by atoms with Crippen LogP contribution < -0.4 is 15.4 Å². The summed E-state index contributed by atoms with van der Waals surface area (Å²) in [7, 11) is 0. The summed E-state index contributed by atoms with van der Waals surface area (Å²) < 4.78 is 18.7. The third kappa shape index (κ3) is 5.89. The summed E-state index contributed by atoms with van der Waals surface area (Å²) in [5.41, 5.74) is 2.21. The smallest absolute Gasteiger partial charge is 0.257 e. The van der Waals surface area contributed by atoms with Gasteiger partial charge in [-0.3, -0.25) is 10.1 Å². The van der Waals surface area contributed by atoms with Crippen LogP contribution in [-0.4, -0.2) is 17.6 Å². The second-order valence-electron chi connectivity index (χ2n) is 6.03. The molecule has 0 spiro atoms. The SMILES string of the molecule is O=C(NC(=S)Nc1ccc(F)cc1)c1cccc(OCCc2ccccc2)c1. The van der Waals surface area contributed by atoms with Gasteiger partial charge in [-0.2, -0.15) is 0 Å². The van der Waals surface area contributed by atoms with Crippen LogP contribution in [0.4, 0.5) is 10.1 Å². The molecule has 0 atom stereocenters. The molecule has 3 rings (SSSR count). The fourth-order valence-electron chi connectivity index (χ4n) is 2.53. The molecule has 3 aromatic rings. The monoisotopic (exact) mass is 394 g/mol. The molecular formula is C22H19FN2O2S. The predicted molar refractivity (Wildman–Crippen MR) is 112 cm³/mol. The number of thiocarbonyl (C=S) groups is 1. The van der Waals surface area contributed by atoms with Crippen LogP contribution in [0.5, 0.6) is 5.75 Å². The van der Waals surface area contributed by atoms with Crippen molar-refractivity contribution in [1.29, 1.82) is 0 Å². The fourth-order valence-corrected chi connectivity index (χ4v) is 2.74. The van der Waals surface area contributed by atoms with E-state index in [1.807, 2.05) is 30.3 Å². The lowest BCUT2D eigenvalue weighted by atomic mass is 10.2. The highest BCUT2D eigenvalue weighted by molar-refractivity contribution is 7.80. The van der Waals surface area contributed by atoms with Crippen LogP contribution in [-0.2, 0) is 6.42 Å². The summed E-state index contributed by atoms with van der Waals surface area (Å²) in [6.07, 6.45) is 0.781. The van der Waals surface area contributed by atoms with Crippen LogP contribution in [0.3, 0.4) is 0 Å². The summed E-state index contributed by atoms with van der Waals surface area (Å²) in [6, 6.07) is 22.6. The molecule has 0 bridgehead atoms. The maximum atomic E-state index is 12.9. The molecule has 0 aliphatic carbocycles. The molecule has 0 aliphatic rings. The van der Waals surface area contributed by atoms with E-state index in [1.54, 1.807) is 24.3 Å². The summed E-state index contributed by atoms with van der Waals surface area (Å²) in [6.45, 7) is 0.514.